The van der Waals surface area contributed by atoms with E-state index in [0.717, 1.165) is 23.2 Å². The number of halogens is 1. The molecule has 5 heteroatoms. The van der Waals surface area contributed by atoms with Crippen molar-refractivity contribution < 1.29 is 4.39 Å². The molecule has 1 aromatic carbocycles. The maximum Gasteiger partial charge on any atom is 0.123 e. The second-order valence-electron chi connectivity index (χ2n) is 5.19. The predicted molar refractivity (Wildman–Crippen MR) is 77.6 cm³/mol. The van der Waals surface area contributed by atoms with Crippen LogP contribution in [0.5, 0.6) is 0 Å². The van der Waals surface area contributed by atoms with Gasteiger partial charge in [0.1, 0.15) is 5.82 Å². The van der Waals surface area contributed by atoms with E-state index in [1.165, 1.54) is 6.07 Å². The number of benzene rings is 1. The smallest absolute Gasteiger partial charge is 0.123 e. The quantitative estimate of drug-likeness (QED) is 0.908. The minimum Gasteiger partial charge on any atom is -0.329 e. The van der Waals surface area contributed by atoms with Crippen LogP contribution in [0.25, 0.3) is 0 Å². The number of likely N-dealkylation sites (N-methyl/N-ethyl adjacent to an activating group) is 1. The summed E-state index contributed by atoms with van der Waals surface area (Å²) in [5.74, 6) is -0.211. The summed E-state index contributed by atoms with van der Waals surface area (Å²) in [5.41, 5.74) is 9.05. The first kappa shape index (κ1) is 14.7. The average molecular weight is 276 g/mol. The second-order valence-corrected chi connectivity index (χ2v) is 5.19. The largest absolute Gasteiger partial charge is 0.329 e. The molecule has 20 heavy (non-hydrogen) atoms. The third-order valence-corrected chi connectivity index (χ3v) is 3.54. The Labute approximate surface area is 119 Å². The van der Waals surface area contributed by atoms with Gasteiger partial charge in [0.25, 0.3) is 0 Å². The van der Waals surface area contributed by atoms with Crippen LogP contribution in [0.1, 0.15) is 22.7 Å². The van der Waals surface area contributed by atoms with Crippen LogP contribution in [0.2, 0.25) is 0 Å². The molecule has 0 spiro atoms. The highest BCUT2D eigenvalue weighted by Crippen LogP contribution is 2.24. The van der Waals surface area contributed by atoms with Gasteiger partial charge in [-0.2, -0.15) is 5.10 Å². The Morgan fingerprint density at radius 2 is 2.20 bits per heavy atom. The molecule has 0 radical (unpaired) electrons. The lowest BCUT2D eigenvalue weighted by molar-refractivity contribution is 0.241. The first-order valence-electron chi connectivity index (χ1n) is 6.65. The summed E-state index contributed by atoms with van der Waals surface area (Å²) in [6.07, 6.45) is 3.84. The van der Waals surface area contributed by atoms with Gasteiger partial charge in [0.15, 0.2) is 0 Å². The monoisotopic (exact) mass is 276 g/mol. The molecule has 1 heterocycles. The fourth-order valence-electron chi connectivity index (χ4n) is 2.51. The van der Waals surface area contributed by atoms with Crippen LogP contribution in [-0.2, 0) is 13.6 Å². The van der Waals surface area contributed by atoms with Gasteiger partial charge in [0.05, 0.1) is 6.20 Å². The molecule has 0 saturated heterocycles. The highest BCUT2D eigenvalue weighted by atomic mass is 19.1. The molecule has 0 fully saturated rings. The van der Waals surface area contributed by atoms with Crippen molar-refractivity contribution in [3.63, 3.8) is 0 Å². The molecular weight excluding hydrogens is 255 g/mol. The van der Waals surface area contributed by atoms with E-state index in [-0.39, 0.29) is 11.9 Å². The second kappa shape index (κ2) is 6.15. The molecule has 2 rings (SSSR count). The lowest BCUT2D eigenvalue weighted by Gasteiger charge is -2.28. The van der Waals surface area contributed by atoms with Gasteiger partial charge in [-0.15, -0.1) is 0 Å². The molecular formula is C15H21FN4. The van der Waals surface area contributed by atoms with E-state index in [9.17, 15) is 4.39 Å². The van der Waals surface area contributed by atoms with E-state index in [0.29, 0.717) is 6.54 Å². The van der Waals surface area contributed by atoms with Gasteiger partial charge in [-0.3, -0.25) is 9.58 Å². The minimum absolute atomic E-state index is 0.0656. The zero-order valence-corrected chi connectivity index (χ0v) is 12.2. The van der Waals surface area contributed by atoms with Crippen LogP contribution in [0.4, 0.5) is 4.39 Å². The van der Waals surface area contributed by atoms with E-state index in [4.69, 9.17) is 5.73 Å². The molecule has 0 saturated carbocycles. The topological polar surface area (TPSA) is 47.1 Å². The van der Waals surface area contributed by atoms with Crippen molar-refractivity contribution in [2.75, 3.05) is 13.6 Å². The average Bonchev–Trinajstić information content (AvgIpc) is 2.78. The highest BCUT2D eigenvalue weighted by Gasteiger charge is 2.18. The van der Waals surface area contributed by atoms with Crippen LogP contribution >= 0.6 is 0 Å². The Kier molecular flexibility index (Phi) is 4.52. The summed E-state index contributed by atoms with van der Waals surface area (Å²) in [5, 5.41) is 4.17. The summed E-state index contributed by atoms with van der Waals surface area (Å²) in [4.78, 5) is 2.16. The molecule has 0 aliphatic heterocycles. The standard InChI is InChI=1S/C15H21FN4/c1-11-6-13(16)4-5-14(11)15(7-17)19(2)9-12-8-18-20(3)10-12/h4-6,8,10,15H,7,9,17H2,1-3H3. The van der Waals surface area contributed by atoms with Crippen LogP contribution in [0, 0.1) is 12.7 Å². The van der Waals surface area contributed by atoms with Gasteiger partial charge in [-0.1, -0.05) is 6.07 Å². The normalized spacial score (nSPS) is 12.9. The number of nitrogens with two attached hydrogens (primary N) is 1. The van der Waals surface area contributed by atoms with Crippen LogP contribution in [0.3, 0.4) is 0 Å². The molecule has 0 amide bonds. The van der Waals surface area contributed by atoms with E-state index in [1.807, 2.05) is 39.5 Å². The molecule has 2 N–H and O–H groups in total. The first-order valence-corrected chi connectivity index (χ1v) is 6.65. The third kappa shape index (κ3) is 3.23. The Hall–Kier alpha value is -1.72. The van der Waals surface area contributed by atoms with Crippen molar-refractivity contribution in [2.45, 2.75) is 19.5 Å². The molecule has 1 unspecified atom stereocenters. The maximum absolute atomic E-state index is 13.2. The Bertz CT molecular complexity index is 579. The molecule has 1 atom stereocenters. The minimum atomic E-state index is -0.211. The van der Waals surface area contributed by atoms with Crippen molar-refractivity contribution in [1.82, 2.24) is 14.7 Å². The van der Waals surface area contributed by atoms with Crippen molar-refractivity contribution in [3.05, 3.63) is 53.1 Å². The summed E-state index contributed by atoms with van der Waals surface area (Å²) < 4.78 is 15.0. The van der Waals surface area contributed by atoms with Gasteiger partial charge in [-0.05, 0) is 37.2 Å². The van der Waals surface area contributed by atoms with Crippen LogP contribution in [-0.4, -0.2) is 28.3 Å². The zero-order valence-electron chi connectivity index (χ0n) is 12.2. The van der Waals surface area contributed by atoms with Crippen molar-refractivity contribution in [1.29, 1.82) is 0 Å². The number of hydrogen-bond donors (Lipinski definition) is 1. The van der Waals surface area contributed by atoms with Crippen molar-refractivity contribution in [3.8, 4) is 0 Å². The summed E-state index contributed by atoms with van der Waals surface area (Å²) >= 11 is 0. The Balaban J connectivity index is 2.18. The molecule has 4 nitrogen and oxygen atoms in total. The third-order valence-electron chi connectivity index (χ3n) is 3.54. The lowest BCUT2D eigenvalue weighted by atomic mass is 10.00. The molecule has 1 aromatic heterocycles. The summed E-state index contributed by atoms with van der Waals surface area (Å²) in [6.45, 7) is 3.16. The molecule has 0 bridgehead atoms. The van der Waals surface area contributed by atoms with Gasteiger partial charge in [0, 0.05) is 37.9 Å². The van der Waals surface area contributed by atoms with Gasteiger partial charge < -0.3 is 5.73 Å². The molecule has 108 valence electrons. The number of aryl methyl sites for hydroxylation is 2. The summed E-state index contributed by atoms with van der Waals surface area (Å²) in [6, 6.07) is 4.93. The molecule has 0 aliphatic carbocycles. The maximum atomic E-state index is 13.2. The Morgan fingerprint density at radius 3 is 2.75 bits per heavy atom. The molecule has 0 aliphatic rings. The fraction of sp³-hybridized carbons (Fsp3) is 0.400. The van der Waals surface area contributed by atoms with Crippen LogP contribution in [0.15, 0.2) is 30.6 Å². The number of hydrogen-bond acceptors (Lipinski definition) is 3. The van der Waals surface area contributed by atoms with E-state index >= 15 is 0 Å². The number of rotatable bonds is 5. The lowest BCUT2D eigenvalue weighted by Crippen LogP contribution is -2.30. The SMILES string of the molecule is Cc1cc(F)ccc1C(CN)N(C)Cc1cnn(C)c1. The first-order chi connectivity index (χ1) is 9.51. The van der Waals surface area contributed by atoms with Gasteiger partial charge in [0.2, 0.25) is 0 Å². The van der Waals surface area contributed by atoms with E-state index in [2.05, 4.69) is 10.00 Å². The fourth-order valence-corrected chi connectivity index (χ4v) is 2.51. The Morgan fingerprint density at radius 1 is 1.45 bits per heavy atom. The van der Waals surface area contributed by atoms with E-state index < -0.39 is 0 Å². The number of aromatic nitrogens is 2. The van der Waals surface area contributed by atoms with Gasteiger partial charge in [-0.25, -0.2) is 4.39 Å². The zero-order chi connectivity index (χ0) is 14.7. The van der Waals surface area contributed by atoms with Crippen LogP contribution < -0.4 is 5.73 Å². The van der Waals surface area contributed by atoms with Crippen molar-refractivity contribution in [2.24, 2.45) is 12.8 Å². The van der Waals surface area contributed by atoms with Crippen molar-refractivity contribution >= 4 is 0 Å². The van der Waals surface area contributed by atoms with Gasteiger partial charge >= 0.3 is 0 Å². The summed E-state index contributed by atoms with van der Waals surface area (Å²) in [7, 11) is 3.92. The molecule has 2 aromatic rings. The number of nitrogens with zero attached hydrogens (tertiary/aromatic N) is 3. The predicted octanol–water partition coefficient (Wildman–Crippen LogP) is 2.00. The highest BCUT2D eigenvalue weighted by molar-refractivity contribution is 5.30. The van der Waals surface area contributed by atoms with E-state index in [1.54, 1.807) is 10.7 Å².